The fourth-order valence-electron chi connectivity index (χ4n) is 5.29. The second kappa shape index (κ2) is 9.56. The second-order valence-corrected chi connectivity index (χ2v) is 11.5. The Morgan fingerprint density at radius 2 is 1.90 bits per heavy atom. The topological polar surface area (TPSA) is 119 Å². The Bertz CT molecular complexity index is 2040. The molecule has 4 heterocycles. The number of fused-ring (bicyclic) bond motifs is 2. The van der Waals surface area contributed by atoms with Gasteiger partial charge < -0.3 is 14.4 Å². The number of non-ortho nitro benzene ring substituents is 1. The number of hydrogen-bond acceptors (Lipinski definition) is 9. The van der Waals surface area contributed by atoms with Crippen molar-refractivity contribution in [2.45, 2.75) is 18.9 Å². The van der Waals surface area contributed by atoms with Gasteiger partial charge >= 0.3 is 0 Å². The van der Waals surface area contributed by atoms with Crippen molar-refractivity contribution in [3.05, 3.63) is 89.2 Å². The maximum absolute atomic E-state index is 15.4. The van der Waals surface area contributed by atoms with Gasteiger partial charge in [0.2, 0.25) is 10.4 Å². The van der Waals surface area contributed by atoms with Crippen LogP contribution in [0.15, 0.2) is 52.2 Å². The number of halogens is 1. The second-order valence-electron chi connectivity index (χ2n) is 10.5. The van der Waals surface area contributed by atoms with Gasteiger partial charge in [-0.25, -0.2) is 4.39 Å². The largest absolute Gasteiger partial charge is 0.367 e. The standard InChI is InChI=1S/C28H24FN7O4S/c1-32-7-9-33(10-8-32)23-14-22-19(13-21(23)29)25(37)20(15-34(22)17-5-6-17)26-30-28-35(31-26)27(38)24(41-28)12-16-3-2-4-18(11-16)36(39)40/h2-4,11-15,17H,5-10H2,1H3/b24-12-. The fraction of sp³-hybridized carbons (Fsp3) is 0.286. The minimum Gasteiger partial charge on any atom is -0.367 e. The number of anilines is 1. The molecule has 2 fully saturated rings. The van der Waals surface area contributed by atoms with Crippen LogP contribution in [0.3, 0.4) is 0 Å². The predicted octanol–water partition coefficient (Wildman–Crippen LogP) is 2.81. The van der Waals surface area contributed by atoms with Crippen molar-refractivity contribution >= 4 is 44.7 Å². The van der Waals surface area contributed by atoms with E-state index in [1.165, 1.54) is 18.2 Å². The van der Waals surface area contributed by atoms with Crippen LogP contribution in [-0.2, 0) is 0 Å². The number of rotatable bonds is 5. The first-order valence-corrected chi connectivity index (χ1v) is 14.1. The Morgan fingerprint density at radius 3 is 2.61 bits per heavy atom. The molecule has 0 radical (unpaired) electrons. The lowest BCUT2D eigenvalue weighted by Crippen LogP contribution is -2.44. The molecule has 11 nitrogen and oxygen atoms in total. The van der Waals surface area contributed by atoms with E-state index in [-0.39, 0.29) is 33.5 Å². The van der Waals surface area contributed by atoms with Crippen LogP contribution in [0.2, 0.25) is 0 Å². The minimum atomic E-state index is -0.498. The number of aromatic nitrogens is 4. The molecular formula is C28H24FN7O4S. The van der Waals surface area contributed by atoms with Crippen LogP contribution in [0.5, 0.6) is 0 Å². The van der Waals surface area contributed by atoms with Crippen molar-refractivity contribution in [3.63, 3.8) is 0 Å². The average molecular weight is 574 g/mol. The van der Waals surface area contributed by atoms with E-state index in [0.717, 1.165) is 41.8 Å². The summed E-state index contributed by atoms with van der Waals surface area (Å²) < 4.78 is 18.9. The van der Waals surface area contributed by atoms with E-state index in [4.69, 9.17) is 0 Å². The summed E-state index contributed by atoms with van der Waals surface area (Å²) in [6.07, 6.45) is 5.18. The van der Waals surface area contributed by atoms with E-state index in [0.29, 0.717) is 34.4 Å². The van der Waals surface area contributed by atoms with Crippen molar-refractivity contribution in [1.29, 1.82) is 0 Å². The van der Waals surface area contributed by atoms with Crippen LogP contribution in [0.4, 0.5) is 15.8 Å². The van der Waals surface area contributed by atoms with E-state index < -0.39 is 21.7 Å². The zero-order valence-electron chi connectivity index (χ0n) is 22.0. The number of nitro benzene ring substituents is 1. The lowest BCUT2D eigenvalue weighted by atomic mass is 10.1. The molecule has 7 rings (SSSR count). The van der Waals surface area contributed by atoms with Gasteiger partial charge in [-0.05, 0) is 43.7 Å². The van der Waals surface area contributed by atoms with Crippen LogP contribution in [-0.4, -0.2) is 62.2 Å². The zero-order chi connectivity index (χ0) is 28.4. The summed E-state index contributed by atoms with van der Waals surface area (Å²) in [4.78, 5) is 46.4. The first kappa shape index (κ1) is 25.5. The number of likely N-dealkylation sites (N-methyl/N-ethyl adjacent to an activating group) is 1. The fourth-order valence-corrected chi connectivity index (χ4v) is 6.20. The summed E-state index contributed by atoms with van der Waals surface area (Å²) in [6, 6.07) is 9.26. The summed E-state index contributed by atoms with van der Waals surface area (Å²) in [7, 11) is 2.04. The Hall–Kier alpha value is -4.49. The van der Waals surface area contributed by atoms with E-state index in [9.17, 15) is 19.7 Å². The van der Waals surface area contributed by atoms with Crippen molar-refractivity contribution in [1.82, 2.24) is 24.1 Å². The third kappa shape index (κ3) is 4.46. The lowest BCUT2D eigenvalue weighted by molar-refractivity contribution is -0.384. The first-order chi connectivity index (χ1) is 19.8. The summed E-state index contributed by atoms with van der Waals surface area (Å²) in [5, 5.41) is 15.7. The molecule has 0 spiro atoms. The van der Waals surface area contributed by atoms with Gasteiger partial charge in [0.05, 0.1) is 26.2 Å². The number of benzene rings is 2. The highest BCUT2D eigenvalue weighted by Crippen LogP contribution is 2.39. The molecule has 0 amide bonds. The molecule has 1 aliphatic heterocycles. The highest BCUT2D eigenvalue weighted by molar-refractivity contribution is 7.15. The zero-order valence-corrected chi connectivity index (χ0v) is 22.8. The smallest absolute Gasteiger partial charge is 0.291 e. The number of nitro groups is 1. The Labute approximate surface area is 235 Å². The summed E-state index contributed by atoms with van der Waals surface area (Å²) in [6.45, 7) is 3.08. The molecule has 0 unspecified atom stereocenters. The van der Waals surface area contributed by atoms with Crippen LogP contribution in [0, 0.1) is 15.9 Å². The summed E-state index contributed by atoms with van der Waals surface area (Å²) in [5.74, 6) is -0.347. The molecule has 5 aromatic rings. The van der Waals surface area contributed by atoms with Crippen molar-refractivity contribution in [3.8, 4) is 11.4 Å². The molecule has 1 aliphatic carbocycles. The molecule has 2 aromatic carbocycles. The first-order valence-electron chi connectivity index (χ1n) is 13.2. The number of pyridine rings is 1. The number of piperazine rings is 1. The van der Waals surface area contributed by atoms with Gasteiger partial charge in [-0.2, -0.15) is 9.50 Å². The van der Waals surface area contributed by atoms with Crippen LogP contribution in [0.1, 0.15) is 24.4 Å². The maximum Gasteiger partial charge on any atom is 0.291 e. The van der Waals surface area contributed by atoms with Crippen LogP contribution >= 0.6 is 11.3 Å². The molecule has 0 bridgehead atoms. The number of nitrogens with zero attached hydrogens (tertiary/aromatic N) is 7. The normalized spacial score (nSPS) is 16.7. The molecule has 0 atom stereocenters. The van der Waals surface area contributed by atoms with Gasteiger partial charge in [0, 0.05) is 55.9 Å². The third-order valence-corrected chi connectivity index (χ3v) is 8.65. The molecule has 41 heavy (non-hydrogen) atoms. The molecule has 1 saturated heterocycles. The molecular weight excluding hydrogens is 549 g/mol. The van der Waals surface area contributed by atoms with Gasteiger partial charge in [0.1, 0.15) is 5.82 Å². The Morgan fingerprint density at radius 1 is 1.12 bits per heavy atom. The average Bonchev–Trinajstić information content (AvgIpc) is 3.66. The van der Waals surface area contributed by atoms with E-state index in [2.05, 4.69) is 15.0 Å². The Balaban J connectivity index is 1.32. The van der Waals surface area contributed by atoms with Gasteiger partial charge in [-0.1, -0.05) is 23.5 Å². The third-order valence-electron chi connectivity index (χ3n) is 7.69. The lowest BCUT2D eigenvalue weighted by Gasteiger charge is -2.34. The van der Waals surface area contributed by atoms with Crippen LogP contribution in [0.25, 0.3) is 33.3 Å². The van der Waals surface area contributed by atoms with Crippen LogP contribution < -0.4 is 20.4 Å². The highest BCUT2D eigenvalue weighted by Gasteiger charge is 2.28. The monoisotopic (exact) mass is 573 g/mol. The Kier molecular flexibility index (Phi) is 5.94. The predicted molar refractivity (Wildman–Crippen MR) is 154 cm³/mol. The molecule has 13 heteroatoms. The van der Waals surface area contributed by atoms with Gasteiger partial charge in [-0.15, -0.1) is 5.10 Å². The quantitative estimate of drug-likeness (QED) is 0.233. The summed E-state index contributed by atoms with van der Waals surface area (Å²) >= 11 is 1.07. The van der Waals surface area contributed by atoms with Gasteiger partial charge in [0.15, 0.2) is 5.82 Å². The number of thiazole rings is 1. The molecule has 208 valence electrons. The number of hydrogen-bond donors (Lipinski definition) is 0. The van der Waals surface area contributed by atoms with Crippen molar-refractivity contribution in [2.24, 2.45) is 0 Å². The summed E-state index contributed by atoms with van der Waals surface area (Å²) in [5.41, 5.74) is 0.961. The van der Waals surface area contributed by atoms with E-state index >= 15 is 4.39 Å². The van der Waals surface area contributed by atoms with E-state index in [1.807, 2.05) is 16.5 Å². The highest BCUT2D eigenvalue weighted by atomic mass is 32.1. The van der Waals surface area contributed by atoms with Crippen molar-refractivity contribution in [2.75, 3.05) is 38.1 Å². The molecule has 0 N–H and O–H groups in total. The van der Waals surface area contributed by atoms with Crippen molar-refractivity contribution < 1.29 is 9.31 Å². The maximum atomic E-state index is 15.4. The minimum absolute atomic E-state index is 0.0803. The molecule has 1 saturated carbocycles. The molecule has 3 aromatic heterocycles. The van der Waals surface area contributed by atoms with Gasteiger partial charge in [0.25, 0.3) is 11.2 Å². The SMILES string of the molecule is CN1CCN(c2cc3c(cc2F)c(=O)c(-c2nc4s/c(=C\c5cccc([N+](=O)[O-])c5)c(=O)n4n2)cn3C2CC2)CC1. The molecule has 2 aliphatic rings. The van der Waals surface area contributed by atoms with Gasteiger partial charge in [-0.3, -0.25) is 19.7 Å². The van der Waals surface area contributed by atoms with E-state index in [1.54, 1.807) is 30.5 Å².